The van der Waals surface area contributed by atoms with E-state index in [1.807, 2.05) is 0 Å². The van der Waals surface area contributed by atoms with Gasteiger partial charge in [-0.2, -0.15) is 0 Å². The Hall–Kier alpha value is -0.860. The van der Waals surface area contributed by atoms with Gasteiger partial charge in [0.2, 0.25) is 0 Å². The van der Waals surface area contributed by atoms with E-state index in [2.05, 4.69) is 38.1 Å². The summed E-state index contributed by atoms with van der Waals surface area (Å²) >= 11 is 0. The van der Waals surface area contributed by atoms with Crippen molar-refractivity contribution in [2.24, 2.45) is 0 Å². The molecule has 0 bridgehead atoms. The number of ether oxygens (including phenoxy) is 2. The Bertz CT molecular complexity index is 323. The van der Waals surface area contributed by atoms with Crippen LogP contribution in [0.3, 0.4) is 0 Å². The fourth-order valence-corrected chi connectivity index (χ4v) is 2.23. The van der Waals surface area contributed by atoms with Crippen LogP contribution in [-0.2, 0) is 21.7 Å². The molecular weight excluding hydrogens is 200 g/mol. The smallest absolute Gasteiger partial charge is 0.194 e. The number of benzene rings is 1. The van der Waals surface area contributed by atoms with Crippen molar-refractivity contribution in [1.29, 1.82) is 0 Å². The van der Waals surface area contributed by atoms with Crippen molar-refractivity contribution in [1.82, 2.24) is 0 Å². The minimum atomic E-state index is -0.471. The Labute approximate surface area is 97.6 Å². The van der Waals surface area contributed by atoms with Crippen LogP contribution in [-0.4, -0.2) is 13.2 Å². The van der Waals surface area contributed by atoms with Gasteiger partial charge in [0.1, 0.15) is 0 Å². The molecule has 16 heavy (non-hydrogen) atoms. The molecule has 2 nitrogen and oxygen atoms in total. The molecule has 0 spiro atoms. The summed E-state index contributed by atoms with van der Waals surface area (Å²) in [7, 11) is 0. The summed E-state index contributed by atoms with van der Waals surface area (Å²) in [6.07, 6.45) is 3.07. The Morgan fingerprint density at radius 1 is 1.06 bits per heavy atom. The standard InChI is InChI=1S/C14H20O2/c1-3-9-14(15-10-11-16-14)13-7-5-12(4-2)6-8-13/h5-8H,3-4,9-11H2,1-2H3. The molecule has 0 N–H and O–H groups in total. The van der Waals surface area contributed by atoms with Gasteiger partial charge in [-0.3, -0.25) is 0 Å². The molecule has 1 aromatic rings. The van der Waals surface area contributed by atoms with Crippen LogP contribution in [0.4, 0.5) is 0 Å². The molecule has 88 valence electrons. The fourth-order valence-electron chi connectivity index (χ4n) is 2.23. The molecule has 0 radical (unpaired) electrons. The SMILES string of the molecule is CCCC1(c2ccc(CC)cc2)OCCO1. The molecule has 2 rings (SSSR count). The van der Waals surface area contributed by atoms with Crippen molar-refractivity contribution in [2.45, 2.75) is 38.9 Å². The van der Waals surface area contributed by atoms with Gasteiger partial charge in [0.25, 0.3) is 0 Å². The summed E-state index contributed by atoms with van der Waals surface area (Å²) in [5.74, 6) is -0.471. The number of rotatable bonds is 4. The highest BCUT2D eigenvalue weighted by atomic mass is 16.7. The monoisotopic (exact) mass is 220 g/mol. The van der Waals surface area contributed by atoms with Crippen LogP contribution in [0.1, 0.15) is 37.8 Å². The van der Waals surface area contributed by atoms with E-state index >= 15 is 0 Å². The second kappa shape index (κ2) is 4.98. The van der Waals surface area contributed by atoms with E-state index in [-0.39, 0.29) is 0 Å². The zero-order chi connectivity index (χ0) is 11.4. The summed E-state index contributed by atoms with van der Waals surface area (Å²) in [5.41, 5.74) is 2.51. The van der Waals surface area contributed by atoms with Crippen LogP contribution >= 0.6 is 0 Å². The minimum absolute atomic E-state index is 0.471. The Balaban J connectivity index is 2.24. The lowest BCUT2D eigenvalue weighted by molar-refractivity contribution is -0.170. The van der Waals surface area contributed by atoms with Crippen molar-refractivity contribution < 1.29 is 9.47 Å². The predicted octanol–water partition coefficient (Wildman–Crippen LogP) is 3.25. The number of aryl methyl sites for hydroxylation is 1. The summed E-state index contributed by atoms with van der Waals surface area (Å²) < 4.78 is 11.6. The second-order valence-corrected chi connectivity index (χ2v) is 4.25. The molecule has 1 aliphatic rings. The quantitative estimate of drug-likeness (QED) is 0.775. The van der Waals surface area contributed by atoms with E-state index in [1.54, 1.807) is 0 Å². The summed E-state index contributed by atoms with van der Waals surface area (Å²) in [6, 6.07) is 8.61. The van der Waals surface area contributed by atoms with Crippen LogP contribution in [0.25, 0.3) is 0 Å². The number of hydrogen-bond acceptors (Lipinski definition) is 2. The van der Waals surface area contributed by atoms with Crippen LogP contribution in [0.5, 0.6) is 0 Å². The molecule has 0 unspecified atom stereocenters. The lowest BCUT2D eigenvalue weighted by atomic mass is 9.99. The zero-order valence-corrected chi connectivity index (χ0v) is 10.2. The molecule has 0 amide bonds. The van der Waals surface area contributed by atoms with Crippen LogP contribution in [0, 0.1) is 0 Å². The third-order valence-corrected chi connectivity index (χ3v) is 3.13. The van der Waals surface area contributed by atoms with Crippen molar-refractivity contribution in [3.05, 3.63) is 35.4 Å². The third kappa shape index (κ3) is 2.13. The van der Waals surface area contributed by atoms with Crippen LogP contribution in [0.2, 0.25) is 0 Å². The van der Waals surface area contributed by atoms with Crippen molar-refractivity contribution in [3.8, 4) is 0 Å². The van der Waals surface area contributed by atoms with Gasteiger partial charge in [-0.1, -0.05) is 44.5 Å². The van der Waals surface area contributed by atoms with Crippen LogP contribution in [0.15, 0.2) is 24.3 Å². The molecular formula is C14H20O2. The lowest BCUT2D eigenvalue weighted by Crippen LogP contribution is -2.26. The first-order valence-electron chi connectivity index (χ1n) is 6.18. The average molecular weight is 220 g/mol. The lowest BCUT2D eigenvalue weighted by Gasteiger charge is -2.27. The van der Waals surface area contributed by atoms with E-state index in [0.717, 1.165) is 24.8 Å². The van der Waals surface area contributed by atoms with Gasteiger partial charge in [-0.25, -0.2) is 0 Å². The Kier molecular flexibility index (Phi) is 3.62. The molecule has 1 aromatic carbocycles. The van der Waals surface area contributed by atoms with E-state index in [0.29, 0.717) is 13.2 Å². The molecule has 1 fully saturated rings. The second-order valence-electron chi connectivity index (χ2n) is 4.25. The van der Waals surface area contributed by atoms with Gasteiger partial charge >= 0.3 is 0 Å². The van der Waals surface area contributed by atoms with Gasteiger partial charge in [0, 0.05) is 12.0 Å². The minimum Gasteiger partial charge on any atom is -0.343 e. The van der Waals surface area contributed by atoms with E-state index in [9.17, 15) is 0 Å². The Morgan fingerprint density at radius 3 is 2.19 bits per heavy atom. The third-order valence-electron chi connectivity index (χ3n) is 3.13. The molecule has 1 heterocycles. The van der Waals surface area contributed by atoms with E-state index in [4.69, 9.17) is 9.47 Å². The molecule has 1 aliphatic heterocycles. The van der Waals surface area contributed by atoms with Gasteiger partial charge in [0.15, 0.2) is 5.79 Å². The first-order valence-corrected chi connectivity index (χ1v) is 6.18. The highest BCUT2D eigenvalue weighted by Crippen LogP contribution is 2.35. The molecule has 0 saturated carbocycles. The highest BCUT2D eigenvalue weighted by Gasteiger charge is 2.37. The normalized spacial score (nSPS) is 18.9. The molecule has 0 atom stereocenters. The van der Waals surface area contributed by atoms with Crippen molar-refractivity contribution >= 4 is 0 Å². The van der Waals surface area contributed by atoms with Crippen molar-refractivity contribution in [3.63, 3.8) is 0 Å². The van der Waals surface area contributed by atoms with Gasteiger partial charge < -0.3 is 9.47 Å². The summed E-state index contributed by atoms with van der Waals surface area (Å²) in [4.78, 5) is 0. The van der Waals surface area contributed by atoms with Crippen LogP contribution < -0.4 is 0 Å². The Morgan fingerprint density at radius 2 is 1.69 bits per heavy atom. The van der Waals surface area contributed by atoms with E-state index in [1.165, 1.54) is 5.56 Å². The van der Waals surface area contributed by atoms with Gasteiger partial charge in [0.05, 0.1) is 13.2 Å². The highest BCUT2D eigenvalue weighted by molar-refractivity contribution is 5.26. The largest absolute Gasteiger partial charge is 0.343 e. The van der Waals surface area contributed by atoms with Gasteiger partial charge in [-0.15, -0.1) is 0 Å². The molecule has 1 saturated heterocycles. The van der Waals surface area contributed by atoms with Gasteiger partial charge in [-0.05, 0) is 12.0 Å². The maximum atomic E-state index is 5.82. The average Bonchev–Trinajstić information content (AvgIpc) is 2.80. The fraction of sp³-hybridized carbons (Fsp3) is 0.571. The molecule has 2 heteroatoms. The topological polar surface area (TPSA) is 18.5 Å². The van der Waals surface area contributed by atoms with Crippen molar-refractivity contribution in [2.75, 3.05) is 13.2 Å². The predicted molar refractivity (Wildman–Crippen MR) is 64.3 cm³/mol. The summed E-state index contributed by atoms with van der Waals surface area (Å²) in [5, 5.41) is 0. The zero-order valence-electron chi connectivity index (χ0n) is 10.2. The van der Waals surface area contributed by atoms with E-state index < -0.39 is 5.79 Å². The first-order chi connectivity index (χ1) is 7.80. The maximum Gasteiger partial charge on any atom is 0.194 e. The molecule has 0 aromatic heterocycles. The first kappa shape index (κ1) is 11.6. The number of hydrogen-bond donors (Lipinski definition) is 0. The summed E-state index contributed by atoms with van der Waals surface area (Å²) in [6.45, 7) is 5.73. The molecule has 0 aliphatic carbocycles. The maximum absolute atomic E-state index is 5.82.